The van der Waals surface area contributed by atoms with Crippen LogP contribution >= 0.6 is 0 Å². The van der Waals surface area contributed by atoms with Gasteiger partial charge < -0.3 is 9.64 Å². The zero-order valence-electron chi connectivity index (χ0n) is 17.6. The van der Waals surface area contributed by atoms with Gasteiger partial charge in [0.15, 0.2) is 0 Å². The van der Waals surface area contributed by atoms with Gasteiger partial charge in [0, 0.05) is 13.1 Å². The normalized spacial score (nSPS) is 18.7. The molecule has 0 spiro atoms. The minimum Gasteiger partial charge on any atom is -0.444 e. The third kappa shape index (κ3) is 3.95. The van der Waals surface area contributed by atoms with Gasteiger partial charge in [-0.2, -0.15) is 0 Å². The lowest BCUT2D eigenvalue weighted by Gasteiger charge is -2.37. The maximum atomic E-state index is 13.5. The van der Waals surface area contributed by atoms with Gasteiger partial charge in [-0.1, -0.05) is 30.3 Å². The van der Waals surface area contributed by atoms with E-state index in [2.05, 4.69) is 0 Å². The van der Waals surface area contributed by atoms with Crippen LogP contribution in [0.2, 0.25) is 0 Å². The number of benzene rings is 2. The summed E-state index contributed by atoms with van der Waals surface area (Å²) in [6, 6.07) is 11.8. The quantitative estimate of drug-likeness (QED) is 0.683. The second-order valence-electron chi connectivity index (χ2n) is 8.59. The molecule has 31 heavy (non-hydrogen) atoms. The van der Waals surface area contributed by atoms with E-state index in [9.17, 15) is 18.8 Å². The van der Waals surface area contributed by atoms with Crippen molar-refractivity contribution >= 4 is 23.5 Å². The number of amides is 3. The summed E-state index contributed by atoms with van der Waals surface area (Å²) in [6.07, 6.45) is 1.26. The monoisotopic (exact) mass is 422 g/mol. The Labute approximate surface area is 179 Å². The second-order valence-corrected chi connectivity index (χ2v) is 8.59. The summed E-state index contributed by atoms with van der Waals surface area (Å²) in [5, 5.41) is 0. The first-order valence-corrected chi connectivity index (χ1v) is 10.1. The smallest absolute Gasteiger partial charge is 0.410 e. The fraction of sp³-hybridized carbons (Fsp3) is 0.292. The van der Waals surface area contributed by atoms with Crippen molar-refractivity contribution in [2.75, 3.05) is 13.1 Å². The highest BCUT2D eigenvalue weighted by molar-refractivity contribution is 6.22. The molecular weight excluding hydrogens is 399 g/mol. The Morgan fingerprint density at radius 1 is 1.00 bits per heavy atom. The molecular formula is C24H23FN2O4. The highest BCUT2D eigenvalue weighted by Gasteiger charge is 2.43. The Hall–Kier alpha value is -3.48. The summed E-state index contributed by atoms with van der Waals surface area (Å²) in [6.45, 7) is 5.66. The highest BCUT2D eigenvalue weighted by atomic mass is 19.1. The van der Waals surface area contributed by atoms with Gasteiger partial charge in [-0.05, 0) is 56.2 Å². The van der Waals surface area contributed by atoms with Gasteiger partial charge in [0.05, 0.1) is 17.2 Å². The molecule has 6 nitrogen and oxygen atoms in total. The average Bonchev–Trinajstić information content (AvgIpc) is 2.98. The van der Waals surface area contributed by atoms with E-state index in [4.69, 9.17) is 4.74 Å². The zero-order valence-corrected chi connectivity index (χ0v) is 17.6. The molecule has 0 unspecified atom stereocenters. The molecule has 160 valence electrons. The zero-order chi connectivity index (χ0) is 22.3. The van der Waals surface area contributed by atoms with E-state index in [1.807, 2.05) is 0 Å². The van der Waals surface area contributed by atoms with E-state index in [1.165, 1.54) is 21.9 Å². The van der Waals surface area contributed by atoms with Gasteiger partial charge in [0.2, 0.25) is 0 Å². The first kappa shape index (κ1) is 20.8. The van der Waals surface area contributed by atoms with Crippen molar-refractivity contribution in [3.8, 4) is 0 Å². The molecule has 3 amide bonds. The van der Waals surface area contributed by atoms with Crippen LogP contribution in [0, 0.1) is 5.82 Å². The first-order chi connectivity index (χ1) is 14.7. The third-order valence-electron chi connectivity index (χ3n) is 5.25. The first-order valence-electron chi connectivity index (χ1n) is 10.1. The number of hydrogen-bond donors (Lipinski definition) is 0. The van der Waals surface area contributed by atoms with Crippen LogP contribution in [0.4, 0.5) is 9.18 Å². The molecule has 0 saturated heterocycles. The molecule has 2 aliphatic heterocycles. The second kappa shape index (κ2) is 7.65. The molecule has 0 bridgehead atoms. The molecule has 0 fully saturated rings. The number of imide groups is 1. The topological polar surface area (TPSA) is 66.9 Å². The third-order valence-corrected chi connectivity index (χ3v) is 5.25. The minimum atomic E-state index is -0.723. The lowest BCUT2D eigenvalue weighted by molar-refractivity contribution is 0.0216. The molecule has 2 heterocycles. The standard InChI is InChI=1S/C24H23FN2O4/c1-24(2,3)31-23(30)26-13-12-17(15-8-10-16(25)11-9-15)20(14-26)27-21(28)18-6-4-5-7-19(18)22(27)29/h4-12,20H,13-14H2,1-3H3/t20-/m1/s1. The number of ether oxygens (including phenoxy) is 1. The molecule has 0 radical (unpaired) electrons. The summed E-state index contributed by atoms with van der Waals surface area (Å²) >= 11 is 0. The molecule has 2 aromatic carbocycles. The van der Waals surface area contributed by atoms with E-state index in [1.54, 1.807) is 63.2 Å². The Balaban J connectivity index is 1.72. The van der Waals surface area contributed by atoms with Crippen molar-refractivity contribution in [1.82, 2.24) is 9.80 Å². The molecule has 2 aliphatic rings. The van der Waals surface area contributed by atoms with E-state index >= 15 is 0 Å². The Bertz CT molecular complexity index is 1050. The predicted octanol–water partition coefficient (Wildman–Crippen LogP) is 4.12. The average molecular weight is 422 g/mol. The molecule has 0 N–H and O–H groups in total. The van der Waals surface area contributed by atoms with Gasteiger partial charge in [-0.15, -0.1) is 0 Å². The summed E-state index contributed by atoms with van der Waals surface area (Å²) < 4.78 is 19.0. The van der Waals surface area contributed by atoms with Crippen molar-refractivity contribution in [3.63, 3.8) is 0 Å². The number of halogens is 1. The number of nitrogens with zero attached hydrogens (tertiary/aromatic N) is 2. The van der Waals surface area contributed by atoms with E-state index in [0.29, 0.717) is 22.3 Å². The number of hydrogen-bond acceptors (Lipinski definition) is 4. The molecule has 2 aromatic rings. The number of carbonyl (C=O) groups excluding carboxylic acids is 3. The van der Waals surface area contributed by atoms with Gasteiger partial charge in [0.1, 0.15) is 11.4 Å². The highest BCUT2D eigenvalue weighted by Crippen LogP contribution is 2.33. The summed E-state index contributed by atoms with van der Waals surface area (Å²) in [7, 11) is 0. The summed E-state index contributed by atoms with van der Waals surface area (Å²) in [5.74, 6) is -1.21. The lowest BCUT2D eigenvalue weighted by atomic mass is 9.93. The SMILES string of the molecule is CC(C)(C)OC(=O)N1CC=C(c2ccc(F)cc2)[C@H](N2C(=O)c3ccccc3C2=O)C1. The number of carbonyl (C=O) groups is 3. The Morgan fingerprint density at radius 3 is 2.13 bits per heavy atom. The van der Waals surface area contributed by atoms with Crippen molar-refractivity contribution in [2.24, 2.45) is 0 Å². The van der Waals surface area contributed by atoms with Crippen LogP contribution in [-0.4, -0.2) is 52.4 Å². The molecule has 0 aliphatic carbocycles. The molecule has 1 atom stereocenters. The molecule has 0 aromatic heterocycles. The maximum Gasteiger partial charge on any atom is 0.410 e. The van der Waals surface area contributed by atoms with Crippen molar-refractivity contribution in [3.05, 3.63) is 77.1 Å². The van der Waals surface area contributed by atoms with Gasteiger partial charge in [0.25, 0.3) is 11.8 Å². The summed E-state index contributed by atoms with van der Waals surface area (Å²) in [4.78, 5) is 41.6. The van der Waals surface area contributed by atoms with E-state index < -0.39 is 29.6 Å². The van der Waals surface area contributed by atoms with Crippen LogP contribution in [0.1, 0.15) is 47.1 Å². The lowest BCUT2D eigenvalue weighted by Crippen LogP contribution is -2.52. The van der Waals surface area contributed by atoms with Gasteiger partial charge in [-0.3, -0.25) is 14.5 Å². The largest absolute Gasteiger partial charge is 0.444 e. The van der Waals surface area contributed by atoms with Crippen LogP contribution in [0.15, 0.2) is 54.6 Å². The minimum absolute atomic E-state index is 0.0869. The molecule has 7 heteroatoms. The fourth-order valence-electron chi connectivity index (χ4n) is 3.87. The van der Waals surface area contributed by atoms with Crippen LogP contribution in [0.3, 0.4) is 0 Å². The predicted molar refractivity (Wildman–Crippen MR) is 113 cm³/mol. The van der Waals surface area contributed by atoms with Gasteiger partial charge >= 0.3 is 6.09 Å². The van der Waals surface area contributed by atoms with E-state index in [0.717, 1.165) is 0 Å². The van der Waals surface area contributed by atoms with Crippen molar-refractivity contribution < 1.29 is 23.5 Å². The summed E-state index contributed by atoms with van der Waals surface area (Å²) in [5.41, 5.74) is 1.37. The maximum absolute atomic E-state index is 13.5. The molecule has 0 saturated carbocycles. The van der Waals surface area contributed by atoms with Gasteiger partial charge in [-0.25, -0.2) is 9.18 Å². The van der Waals surface area contributed by atoms with Crippen LogP contribution in [0.25, 0.3) is 5.57 Å². The number of rotatable bonds is 2. The van der Waals surface area contributed by atoms with Crippen LogP contribution in [0.5, 0.6) is 0 Å². The molecule has 4 rings (SSSR count). The Morgan fingerprint density at radius 2 is 1.58 bits per heavy atom. The van der Waals surface area contributed by atoms with Crippen LogP contribution < -0.4 is 0 Å². The van der Waals surface area contributed by atoms with E-state index in [-0.39, 0.29) is 18.9 Å². The van der Waals surface area contributed by atoms with Crippen molar-refractivity contribution in [1.29, 1.82) is 0 Å². The van der Waals surface area contributed by atoms with Crippen LogP contribution in [-0.2, 0) is 4.74 Å². The Kier molecular flexibility index (Phi) is 5.13. The fourth-order valence-corrected chi connectivity index (χ4v) is 3.87. The number of fused-ring (bicyclic) bond motifs is 1. The van der Waals surface area contributed by atoms with Crippen molar-refractivity contribution in [2.45, 2.75) is 32.4 Å².